The van der Waals surface area contributed by atoms with Gasteiger partial charge in [0.2, 0.25) is 0 Å². The van der Waals surface area contributed by atoms with Crippen molar-refractivity contribution in [3.8, 4) is 0 Å². The monoisotopic (exact) mass is 169 g/mol. The molecule has 0 saturated carbocycles. The second-order valence-corrected chi connectivity index (χ2v) is 4.17. The second-order valence-electron chi connectivity index (χ2n) is 4.17. The van der Waals surface area contributed by atoms with Gasteiger partial charge in [-0.3, -0.25) is 0 Å². The summed E-state index contributed by atoms with van der Waals surface area (Å²) in [5.41, 5.74) is -0.582. The summed E-state index contributed by atoms with van der Waals surface area (Å²) in [5.74, 6) is 0. The van der Waals surface area contributed by atoms with E-state index in [0.717, 1.165) is 6.42 Å². The van der Waals surface area contributed by atoms with Crippen LogP contribution in [0.5, 0.6) is 0 Å². The fourth-order valence-electron chi connectivity index (χ4n) is 1.37. The SMILES string of the molecule is CC(C)(O)CNC1CC=CCC1. The van der Waals surface area contributed by atoms with Crippen molar-refractivity contribution in [3.63, 3.8) is 0 Å². The van der Waals surface area contributed by atoms with Crippen LogP contribution in [0.2, 0.25) is 0 Å². The van der Waals surface area contributed by atoms with Crippen LogP contribution in [0, 0.1) is 0 Å². The molecule has 1 unspecified atom stereocenters. The predicted molar refractivity (Wildman–Crippen MR) is 51.1 cm³/mol. The Kier molecular flexibility index (Phi) is 3.29. The molecule has 2 N–H and O–H groups in total. The summed E-state index contributed by atoms with van der Waals surface area (Å²) in [6.45, 7) is 4.35. The van der Waals surface area contributed by atoms with Gasteiger partial charge in [0, 0.05) is 12.6 Å². The van der Waals surface area contributed by atoms with Crippen molar-refractivity contribution in [3.05, 3.63) is 12.2 Å². The van der Waals surface area contributed by atoms with E-state index < -0.39 is 5.60 Å². The Balaban J connectivity index is 2.19. The lowest BCUT2D eigenvalue weighted by Gasteiger charge is -2.24. The standard InChI is InChI=1S/C10H19NO/c1-10(2,12)8-11-9-6-4-3-5-7-9/h3-4,9,11-12H,5-8H2,1-2H3. The van der Waals surface area contributed by atoms with Crippen LogP contribution in [0.15, 0.2) is 12.2 Å². The molecular weight excluding hydrogens is 150 g/mol. The lowest BCUT2D eigenvalue weighted by atomic mass is 10.0. The number of hydrogen-bond acceptors (Lipinski definition) is 2. The Labute approximate surface area is 74.7 Å². The van der Waals surface area contributed by atoms with Gasteiger partial charge in [0.05, 0.1) is 5.60 Å². The van der Waals surface area contributed by atoms with E-state index in [1.165, 1.54) is 12.8 Å². The van der Waals surface area contributed by atoms with Gasteiger partial charge in [-0.1, -0.05) is 12.2 Å². The summed E-state index contributed by atoms with van der Waals surface area (Å²) in [6.07, 6.45) is 7.92. The summed E-state index contributed by atoms with van der Waals surface area (Å²) < 4.78 is 0. The molecule has 0 saturated heterocycles. The van der Waals surface area contributed by atoms with E-state index in [2.05, 4.69) is 17.5 Å². The van der Waals surface area contributed by atoms with Crippen LogP contribution in [0.4, 0.5) is 0 Å². The molecule has 1 atom stereocenters. The first-order valence-corrected chi connectivity index (χ1v) is 4.69. The average molecular weight is 169 g/mol. The summed E-state index contributed by atoms with van der Waals surface area (Å²) in [5, 5.41) is 12.8. The molecule has 0 fully saturated rings. The molecule has 0 aliphatic heterocycles. The smallest absolute Gasteiger partial charge is 0.0715 e. The maximum atomic E-state index is 9.47. The van der Waals surface area contributed by atoms with Crippen LogP contribution in [0.3, 0.4) is 0 Å². The molecule has 0 aromatic carbocycles. The van der Waals surface area contributed by atoms with E-state index in [-0.39, 0.29) is 0 Å². The van der Waals surface area contributed by atoms with E-state index in [4.69, 9.17) is 0 Å². The molecule has 1 aliphatic rings. The summed E-state index contributed by atoms with van der Waals surface area (Å²) in [6, 6.07) is 0.571. The van der Waals surface area contributed by atoms with Crippen molar-refractivity contribution in [2.75, 3.05) is 6.54 Å². The highest BCUT2D eigenvalue weighted by molar-refractivity contribution is 4.93. The van der Waals surface area contributed by atoms with Crippen molar-refractivity contribution < 1.29 is 5.11 Å². The average Bonchev–Trinajstić information content (AvgIpc) is 2.02. The third-order valence-electron chi connectivity index (χ3n) is 2.09. The lowest BCUT2D eigenvalue weighted by molar-refractivity contribution is 0.0760. The molecule has 12 heavy (non-hydrogen) atoms. The van der Waals surface area contributed by atoms with E-state index in [9.17, 15) is 5.11 Å². The number of hydrogen-bond donors (Lipinski definition) is 2. The Morgan fingerprint density at radius 1 is 1.50 bits per heavy atom. The molecule has 0 bridgehead atoms. The molecule has 0 aromatic heterocycles. The Morgan fingerprint density at radius 2 is 2.25 bits per heavy atom. The van der Waals surface area contributed by atoms with Gasteiger partial charge in [-0.15, -0.1) is 0 Å². The van der Waals surface area contributed by atoms with Crippen LogP contribution in [-0.4, -0.2) is 23.3 Å². The molecule has 0 heterocycles. The van der Waals surface area contributed by atoms with Gasteiger partial charge in [0.15, 0.2) is 0 Å². The minimum Gasteiger partial charge on any atom is -0.389 e. The third-order valence-corrected chi connectivity index (χ3v) is 2.09. The molecule has 0 aromatic rings. The van der Waals surface area contributed by atoms with Crippen molar-refractivity contribution in [2.24, 2.45) is 0 Å². The van der Waals surface area contributed by atoms with Crippen LogP contribution in [-0.2, 0) is 0 Å². The topological polar surface area (TPSA) is 32.3 Å². The molecule has 70 valence electrons. The van der Waals surface area contributed by atoms with Crippen molar-refractivity contribution in [1.29, 1.82) is 0 Å². The first kappa shape index (κ1) is 9.75. The maximum absolute atomic E-state index is 9.47. The zero-order valence-electron chi connectivity index (χ0n) is 8.01. The van der Waals surface area contributed by atoms with Gasteiger partial charge in [0.25, 0.3) is 0 Å². The summed E-state index contributed by atoms with van der Waals surface area (Å²) in [4.78, 5) is 0. The molecule has 0 spiro atoms. The van der Waals surface area contributed by atoms with E-state index in [1.807, 2.05) is 13.8 Å². The number of rotatable bonds is 3. The third kappa shape index (κ3) is 3.88. The zero-order valence-corrected chi connectivity index (χ0v) is 8.01. The molecular formula is C10H19NO. The van der Waals surface area contributed by atoms with Crippen LogP contribution < -0.4 is 5.32 Å². The number of aliphatic hydroxyl groups is 1. The first-order chi connectivity index (χ1) is 5.58. The van der Waals surface area contributed by atoms with Crippen LogP contribution >= 0.6 is 0 Å². The zero-order chi connectivity index (χ0) is 9.03. The van der Waals surface area contributed by atoms with Gasteiger partial charge in [-0.2, -0.15) is 0 Å². The van der Waals surface area contributed by atoms with Gasteiger partial charge < -0.3 is 10.4 Å². The van der Waals surface area contributed by atoms with E-state index in [1.54, 1.807) is 0 Å². The normalized spacial score (nSPS) is 24.4. The van der Waals surface area contributed by atoms with E-state index >= 15 is 0 Å². The lowest BCUT2D eigenvalue weighted by Crippen LogP contribution is -2.40. The van der Waals surface area contributed by atoms with Gasteiger partial charge in [-0.05, 0) is 33.1 Å². The molecule has 2 nitrogen and oxygen atoms in total. The highest BCUT2D eigenvalue weighted by atomic mass is 16.3. The van der Waals surface area contributed by atoms with Gasteiger partial charge in [0.1, 0.15) is 0 Å². The Morgan fingerprint density at radius 3 is 2.75 bits per heavy atom. The molecule has 0 radical (unpaired) electrons. The summed E-state index contributed by atoms with van der Waals surface area (Å²) in [7, 11) is 0. The maximum Gasteiger partial charge on any atom is 0.0715 e. The van der Waals surface area contributed by atoms with Crippen LogP contribution in [0.25, 0.3) is 0 Å². The van der Waals surface area contributed by atoms with E-state index in [0.29, 0.717) is 12.6 Å². The highest BCUT2D eigenvalue weighted by Crippen LogP contribution is 2.11. The highest BCUT2D eigenvalue weighted by Gasteiger charge is 2.15. The fourth-order valence-corrected chi connectivity index (χ4v) is 1.37. The molecule has 2 heteroatoms. The van der Waals surface area contributed by atoms with Crippen molar-refractivity contribution in [1.82, 2.24) is 5.32 Å². The molecule has 1 aliphatic carbocycles. The Hall–Kier alpha value is -0.340. The summed E-state index contributed by atoms with van der Waals surface area (Å²) >= 11 is 0. The predicted octanol–water partition coefficient (Wildman–Crippen LogP) is 1.46. The second kappa shape index (κ2) is 4.06. The van der Waals surface area contributed by atoms with Crippen molar-refractivity contribution >= 4 is 0 Å². The van der Waals surface area contributed by atoms with Gasteiger partial charge in [-0.25, -0.2) is 0 Å². The number of allylic oxidation sites excluding steroid dienone is 1. The first-order valence-electron chi connectivity index (χ1n) is 4.69. The Bertz CT molecular complexity index is 158. The van der Waals surface area contributed by atoms with Crippen molar-refractivity contribution in [2.45, 2.75) is 44.8 Å². The molecule has 0 amide bonds. The molecule has 1 rings (SSSR count). The van der Waals surface area contributed by atoms with Gasteiger partial charge >= 0.3 is 0 Å². The number of nitrogens with one attached hydrogen (secondary N) is 1. The fraction of sp³-hybridized carbons (Fsp3) is 0.800. The largest absolute Gasteiger partial charge is 0.389 e. The minimum atomic E-state index is -0.582. The van der Waals surface area contributed by atoms with Crippen LogP contribution in [0.1, 0.15) is 33.1 Å². The minimum absolute atomic E-state index is 0.571. The quantitative estimate of drug-likeness (QED) is 0.627.